The van der Waals surface area contributed by atoms with Gasteiger partial charge in [-0.25, -0.2) is 0 Å². The number of esters is 1. The van der Waals surface area contributed by atoms with Gasteiger partial charge in [0.05, 0.1) is 25.7 Å². The Morgan fingerprint density at radius 3 is 2.24 bits per heavy atom. The fourth-order valence-electron chi connectivity index (χ4n) is 3.86. The van der Waals surface area contributed by atoms with Crippen LogP contribution in [0.25, 0.3) is 11.1 Å². The molecule has 0 bridgehead atoms. The zero-order valence-electron chi connectivity index (χ0n) is 21.0. The summed E-state index contributed by atoms with van der Waals surface area (Å²) in [7, 11) is 1.30. The second-order valence-electron chi connectivity index (χ2n) is 8.95. The van der Waals surface area contributed by atoms with Crippen LogP contribution in [0.1, 0.15) is 40.4 Å². The molecular formula is C29H30F3NO4. The molecule has 37 heavy (non-hydrogen) atoms. The molecule has 8 heteroatoms. The Morgan fingerprint density at radius 1 is 0.973 bits per heavy atom. The lowest BCUT2D eigenvalue weighted by molar-refractivity contribution is -0.140. The van der Waals surface area contributed by atoms with Crippen LogP contribution in [0.3, 0.4) is 0 Å². The predicted octanol–water partition coefficient (Wildman–Crippen LogP) is 6.23. The second-order valence-corrected chi connectivity index (χ2v) is 8.95. The lowest BCUT2D eigenvalue weighted by Crippen LogP contribution is -2.26. The number of alkyl halides is 3. The Bertz CT molecular complexity index is 1210. The van der Waals surface area contributed by atoms with Gasteiger partial charge in [-0.05, 0) is 77.9 Å². The lowest BCUT2D eigenvalue weighted by atomic mass is 9.99. The number of hydrogen-bond acceptors (Lipinski definition) is 4. The highest BCUT2D eigenvalue weighted by atomic mass is 19.4. The Hall–Kier alpha value is -3.81. The standard InChI is InChI=1S/C29H30F3NO4/c1-19(16-21-4-6-23(7-5-21)28(35)33-15-14-27(34)36-3)18-37-25-12-13-26(20(2)17-25)22-8-10-24(11-9-22)29(30,31)32/h4-13,17,19H,14-16,18H2,1-3H3,(H,33,35). The molecule has 196 valence electrons. The summed E-state index contributed by atoms with van der Waals surface area (Å²) in [5, 5.41) is 2.69. The molecule has 1 unspecified atom stereocenters. The van der Waals surface area contributed by atoms with E-state index >= 15 is 0 Å². The summed E-state index contributed by atoms with van der Waals surface area (Å²) < 4.78 is 49.0. The Morgan fingerprint density at radius 2 is 1.65 bits per heavy atom. The van der Waals surface area contributed by atoms with Gasteiger partial charge in [-0.1, -0.05) is 37.3 Å². The van der Waals surface area contributed by atoms with E-state index in [2.05, 4.69) is 17.0 Å². The third kappa shape index (κ3) is 8.10. The molecule has 0 saturated heterocycles. The third-order valence-electron chi connectivity index (χ3n) is 5.90. The topological polar surface area (TPSA) is 64.6 Å². The lowest BCUT2D eigenvalue weighted by Gasteiger charge is -2.15. The van der Waals surface area contributed by atoms with E-state index in [4.69, 9.17) is 4.74 Å². The van der Waals surface area contributed by atoms with Crippen LogP contribution in [0.2, 0.25) is 0 Å². The van der Waals surface area contributed by atoms with Gasteiger partial charge < -0.3 is 14.8 Å². The monoisotopic (exact) mass is 513 g/mol. The fourth-order valence-corrected chi connectivity index (χ4v) is 3.86. The van der Waals surface area contributed by atoms with E-state index in [9.17, 15) is 22.8 Å². The van der Waals surface area contributed by atoms with Crippen molar-refractivity contribution in [1.29, 1.82) is 0 Å². The van der Waals surface area contributed by atoms with Crippen molar-refractivity contribution >= 4 is 11.9 Å². The Balaban J connectivity index is 1.50. The molecule has 1 N–H and O–H groups in total. The predicted molar refractivity (Wildman–Crippen MR) is 135 cm³/mol. The van der Waals surface area contributed by atoms with E-state index in [-0.39, 0.29) is 30.8 Å². The quantitative estimate of drug-likeness (QED) is 0.327. The van der Waals surface area contributed by atoms with Gasteiger partial charge in [-0.2, -0.15) is 13.2 Å². The summed E-state index contributed by atoms with van der Waals surface area (Å²) in [5.41, 5.74) is 3.38. The zero-order chi connectivity index (χ0) is 27.0. The summed E-state index contributed by atoms with van der Waals surface area (Å²) in [6.45, 7) is 4.66. The number of hydrogen-bond donors (Lipinski definition) is 1. The van der Waals surface area contributed by atoms with Gasteiger partial charge in [-0.15, -0.1) is 0 Å². The number of rotatable bonds is 10. The number of ether oxygens (including phenoxy) is 2. The number of halogens is 3. The molecule has 0 heterocycles. The minimum atomic E-state index is -4.36. The highest BCUT2D eigenvalue weighted by Gasteiger charge is 2.30. The van der Waals surface area contributed by atoms with E-state index in [1.165, 1.54) is 19.2 Å². The molecule has 0 aliphatic carbocycles. The maximum Gasteiger partial charge on any atom is 0.416 e. The highest BCUT2D eigenvalue weighted by Crippen LogP contribution is 2.32. The first-order chi connectivity index (χ1) is 17.6. The average Bonchev–Trinajstić information content (AvgIpc) is 2.87. The molecule has 5 nitrogen and oxygen atoms in total. The van der Waals surface area contributed by atoms with Crippen LogP contribution < -0.4 is 10.1 Å². The summed E-state index contributed by atoms with van der Waals surface area (Å²) in [5.74, 6) is 0.271. The van der Waals surface area contributed by atoms with Gasteiger partial charge in [0, 0.05) is 12.1 Å². The molecule has 1 atom stereocenters. The molecule has 0 spiro atoms. The first-order valence-electron chi connectivity index (χ1n) is 11.9. The SMILES string of the molecule is COC(=O)CCNC(=O)c1ccc(CC(C)COc2ccc(-c3ccc(C(F)(F)F)cc3)c(C)c2)cc1. The first kappa shape index (κ1) is 27.8. The maximum atomic E-state index is 12.8. The molecule has 0 saturated carbocycles. The molecule has 3 aromatic rings. The average molecular weight is 514 g/mol. The molecule has 0 radical (unpaired) electrons. The smallest absolute Gasteiger partial charge is 0.416 e. The van der Waals surface area contributed by atoms with E-state index in [0.29, 0.717) is 23.5 Å². The van der Waals surface area contributed by atoms with Crippen LogP contribution in [0, 0.1) is 12.8 Å². The van der Waals surface area contributed by atoms with Gasteiger partial charge in [0.15, 0.2) is 0 Å². The number of amides is 1. The van der Waals surface area contributed by atoms with E-state index < -0.39 is 11.7 Å². The molecule has 0 fully saturated rings. The normalized spacial score (nSPS) is 12.1. The third-order valence-corrected chi connectivity index (χ3v) is 5.90. The van der Waals surface area contributed by atoms with Crippen molar-refractivity contribution in [3.63, 3.8) is 0 Å². The van der Waals surface area contributed by atoms with Crippen molar-refractivity contribution in [3.8, 4) is 16.9 Å². The molecule has 3 aromatic carbocycles. The minimum Gasteiger partial charge on any atom is -0.493 e. The van der Waals surface area contributed by atoms with Crippen LogP contribution >= 0.6 is 0 Å². The van der Waals surface area contributed by atoms with Crippen LogP contribution in [0.15, 0.2) is 66.7 Å². The zero-order valence-corrected chi connectivity index (χ0v) is 21.0. The van der Waals surface area contributed by atoms with E-state index in [0.717, 1.165) is 35.2 Å². The maximum absolute atomic E-state index is 12.8. The van der Waals surface area contributed by atoms with E-state index in [1.807, 2.05) is 37.3 Å². The van der Waals surface area contributed by atoms with Crippen LogP contribution in [0.4, 0.5) is 13.2 Å². The van der Waals surface area contributed by atoms with Crippen LogP contribution in [-0.2, 0) is 22.1 Å². The summed E-state index contributed by atoms with van der Waals surface area (Å²) in [6, 6.07) is 18.0. The first-order valence-corrected chi connectivity index (χ1v) is 11.9. The fraction of sp³-hybridized carbons (Fsp3) is 0.310. The molecule has 0 aliphatic rings. The van der Waals surface area contributed by atoms with Crippen molar-refractivity contribution in [2.45, 2.75) is 32.9 Å². The van der Waals surface area contributed by atoms with Gasteiger partial charge in [-0.3, -0.25) is 9.59 Å². The second kappa shape index (κ2) is 12.4. The number of aryl methyl sites for hydroxylation is 1. The molecule has 0 aromatic heterocycles. The van der Waals surface area contributed by atoms with E-state index in [1.54, 1.807) is 12.1 Å². The summed E-state index contributed by atoms with van der Waals surface area (Å²) in [6.07, 6.45) is -3.48. The number of carbonyl (C=O) groups is 2. The Labute approximate surface area is 214 Å². The highest BCUT2D eigenvalue weighted by molar-refractivity contribution is 5.94. The van der Waals surface area contributed by atoms with Crippen molar-refractivity contribution in [3.05, 3.63) is 89.0 Å². The van der Waals surface area contributed by atoms with Crippen molar-refractivity contribution in [1.82, 2.24) is 5.32 Å². The number of nitrogens with one attached hydrogen (secondary N) is 1. The van der Waals surface area contributed by atoms with Gasteiger partial charge in [0.1, 0.15) is 5.75 Å². The number of methoxy groups -OCH3 is 1. The Kier molecular flexibility index (Phi) is 9.33. The molecule has 0 aliphatic heterocycles. The summed E-state index contributed by atoms with van der Waals surface area (Å²) in [4.78, 5) is 23.3. The number of carbonyl (C=O) groups excluding carboxylic acids is 2. The van der Waals surface area contributed by atoms with Crippen LogP contribution in [0.5, 0.6) is 5.75 Å². The molecular weight excluding hydrogens is 483 g/mol. The summed E-state index contributed by atoms with van der Waals surface area (Å²) >= 11 is 0. The van der Waals surface area contributed by atoms with Gasteiger partial charge in [0.25, 0.3) is 5.91 Å². The minimum absolute atomic E-state index is 0.120. The van der Waals surface area contributed by atoms with Gasteiger partial charge in [0.2, 0.25) is 0 Å². The van der Waals surface area contributed by atoms with Crippen molar-refractivity contribution in [2.75, 3.05) is 20.3 Å². The molecule has 3 rings (SSSR count). The van der Waals surface area contributed by atoms with Gasteiger partial charge >= 0.3 is 12.1 Å². The molecule has 1 amide bonds. The number of benzene rings is 3. The van der Waals surface area contributed by atoms with Crippen LogP contribution in [-0.4, -0.2) is 32.1 Å². The largest absolute Gasteiger partial charge is 0.493 e. The van der Waals surface area contributed by atoms with Crippen molar-refractivity contribution < 1.29 is 32.2 Å². The van der Waals surface area contributed by atoms with Crippen molar-refractivity contribution in [2.24, 2.45) is 5.92 Å².